The summed E-state index contributed by atoms with van der Waals surface area (Å²) in [5, 5.41) is 11.0. The number of halogens is 2. The number of thiophene rings is 1. The van der Waals surface area contributed by atoms with Gasteiger partial charge in [0, 0.05) is 19.8 Å². The van der Waals surface area contributed by atoms with Crippen LogP contribution in [0.4, 0.5) is 0 Å². The Balaban J connectivity index is 2.47. The van der Waals surface area contributed by atoms with E-state index in [0.717, 1.165) is 20.5 Å². The van der Waals surface area contributed by atoms with Crippen LogP contribution in [-0.2, 0) is 0 Å². The summed E-state index contributed by atoms with van der Waals surface area (Å²) in [5.74, 6) is 0. The topological polar surface area (TPSA) is 20.2 Å². The molecule has 2 rings (SSSR count). The lowest BCUT2D eigenvalue weighted by atomic mass is 10.0. The van der Waals surface area contributed by atoms with E-state index in [2.05, 4.69) is 15.9 Å². The van der Waals surface area contributed by atoms with Gasteiger partial charge in [0.15, 0.2) is 0 Å². The summed E-state index contributed by atoms with van der Waals surface area (Å²) in [5.41, 5.74) is 1.68. The summed E-state index contributed by atoms with van der Waals surface area (Å²) in [4.78, 5) is 2.33. The molecule has 1 atom stereocenters. The molecule has 0 saturated carbocycles. The molecule has 1 aromatic heterocycles. The second-order valence-corrected chi connectivity index (χ2v) is 6.61. The van der Waals surface area contributed by atoms with Crippen molar-refractivity contribution in [3.05, 3.63) is 54.6 Å². The smallest absolute Gasteiger partial charge is 0.107 e. The van der Waals surface area contributed by atoms with Crippen LogP contribution >= 0.6 is 38.9 Å². The summed E-state index contributed by atoms with van der Waals surface area (Å²) in [6, 6.07) is 7.61. The maximum Gasteiger partial charge on any atom is 0.107 e. The van der Waals surface area contributed by atoms with Crippen molar-refractivity contribution in [2.45, 2.75) is 20.0 Å². The number of rotatable bonds is 2. The fourth-order valence-corrected chi connectivity index (χ4v) is 3.39. The van der Waals surface area contributed by atoms with Crippen LogP contribution in [0.5, 0.6) is 0 Å². The summed E-state index contributed by atoms with van der Waals surface area (Å²) < 4.78 is 0.806. The van der Waals surface area contributed by atoms with Gasteiger partial charge < -0.3 is 5.11 Å². The molecule has 0 aliphatic heterocycles. The molecule has 0 amide bonds. The van der Waals surface area contributed by atoms with Gasteiger partial charge in [-0.1, -0.05) is 23.7 Å². The van der Waals surface area contributed by atoms with Crippen molar-refractivity contribution >= 4 is 38.9 Å². The average Bonchev–Trinajstić information content (AvgIpc) is 2.61. The van der Waals surface area contributed by atoms with E-state index < -0.39 is 6.10 Å². The van der Waals surface area contributed by atoms with Crippen molar-refractivity contribution in [1.29, 1.82) is 0 Å². The lowest BCUT2D eigenvalue weighted by Gasteiger charge is -2.13. The fourth-order valence-electron chi connectivity index (χ4n) is 1.82. The van der Waals surface area contributed by atoms with E-state index in [4.69, 9.17) is 11.6 Å². The molecule has 0 aliphatic carbocycles. The van der Waals surface area contributed by atoms with Crippen LogP contribution < -0.4 is 0 Å². The number of hydrogen-bond donors (Lipinski definition) is 1. The summed E-state index contributed by atoms with van der Waals surface area (Å²) in [6.45, 7) is 4.05. The second kappa shape index (κ2) is 5.11. The monoisotopic (exact) mass is 330 g/mol. The summed E-state index contributed by atoms with van der Waals surface area (Å²) >= 11 is 11.3. The molecule has 0 fully saturated rings. The highest BCUT2D eigenvalue weighted by Gasteiger charge is 2.18. The van der Waals surface area contributed by atoms with Gasteiger partial charge in [-0.05, 0) is 47.5 Å². The number of benzene rings is 1. The SMILES string of the molecule is Cc1cc(C(O)c2cccc(Br)c2Cl)c(C)s1. The van der Waals surface area contributed by atoms with Crippen molar-refractivity contribution in [1.82, 2.24) is 0 Å². The van der Waals surface area contributed by atoms with Gasteiger partial charge in [-0.15, -0.1) is 11.3 Å². The normalized spacial score (nSPS) is 12.8. The Morgan fingerprint density at radius 3 is 2.59 bits per heavy atom. The van der Waals surface area contributed by atoms with Gasteiger partial charge in [0.05, 0.1) is 5.02 Å². The van der Waals surface area contributed by atoms with Crippen LogP contribution in [0.25, 0.3) is 0 Å². The third-order valence-electron chi connectivity index (χ3n) is 2.65. The summed E-state index contributed by atoms with van der Waals surface area (Å²) in [7, 11) is 0. The molecule has 0 bridgehead atoms. The molecular formula is C13H12BrClOS. The first-order chi connectivity index (χ1) is 8.00. The lowest BCUT2D eigenvalue weighted by Crippen LogP contribution is -2.00. The Morgan fingerprint density at radius 2 is 2.00 bits per heavy atom. The van der Waals surface area contributed by atoms with Gasteiger partial charge in [-0.25, -0.2) is 0 Å². The molecule has 0 aliphatic rings. The van der Waals surface area contributed by atoms with E-state index in [-0.39, 0.29) is 0 Å². The lowest BCUT2D eigenvalue weighted by molar-refractivity contribution is 0.220. The van der Waals surface area contributed by atoms with E-state index in [1.165, 1.54) is 4.88 Å². The van der Waals surface area contributed by atoms with Crippen molar-refractivity contribution in [3.8, 4) is 0 Å². The molecule has 4 heteroatoms. The molecule has 0 radical (unpaired) electrons. The first-order valence-electron chi connectivity index (χ1n) is 5.19. The minimum absolute atomic E-state index is 0.572. The third kappa shape index (κ3) is 2.58. The van der Waals surface area contributed by atoms with Gasteiger partial charge in [-0.2, -0.15) is 0 Å². The second-order valence-electron chi connectivity index (χ2n) is 3.91. The number of hydrogen-bond acceptors (Lipinski definition) is 2. The minimum atomic E-state index is -0.662. The molecule has 1 aromatic carbocycles. The van der Waals surface area contributed by atoms with Crippen molar-refractivity contribution in [2.75, 3.05) is 0 Å². The Bertz CT molecular complexity index is 550. The zero-order chi connectivity index (χ0) is 12.6. The summed E-state index contributed by atoms with van der Waals surface area (Å²) in [6.07, 6.45) is -0.662. The van der Waals surface area contributed by atoms with E-state index >= 15 is 0 Å². The Kier molecular flexibility index (Phi) is 3.93. The molecule has 90 valence electrons. The van der Waals surface area contributed by atoms with E-state index in [1.54, 1.807) is 11.3 Å². The zero-order valence-electron chi connectivity index (χ0n) is 9.50. The minimum Gasteiger partial charge on any atom is -0.384 e. The molecule has 1 unspecified atom stereocenters. The Morgan fingerprint density at radius 1 is 1.29 bits per heavy atom. The van der Waals surface area contributed by atoms with Crippen molar-refractivity contribution < 1.29 is 5.11 Å². The van der Waals surface area contributed by atoms with Crippen LogP contribution in [0.3, 0.4) is 0 Å². The van der Waals surface area contributed by atoms with Crippen molar-refractivity contribution in [2.24, 2.45) is 0 Å². The van der Waals surface area contributed by atoms with E-state index in [1.807, 2.05) is 38.1 Å². The molecular weight excluding hydrogens is 320 g/mol. The molecule has 0 saturated heterocycles. The largest absolute Gasteiger partial charge is 0.384 e. The van der Waals surface area contributed by atoms with Gasteiger partial charge in [0.25, 0.3) is 0 Å². The number of aliphatic hydroxyl groups is 1. The van der Waals surface area contributed by atoms with Gasteiger partial charge in [-0.3, -0.25) is 0 Å². The van der Waals surface area contributed by atoms with Crippen LogP contribution in [-0.4, -0.2) is 5.11 Å². The highest BCUT2D eigenvalue weighted by Crippen LogP contribution is 2.36. The molecule has 17 heavy (non-hydrogen) atoms. The van der Waals surface area contributed by atoms with E-state index in [0.29, 0.717) is 5.02 Å². The maximum absolute atomic E-state index is 10.4. The van der Waals surface area contributed by atoms with Crippen LogP contribution in [0, 0.1) is 13.8 Å². The van der Waals surface area contributed by atoms with Gasteiger partial charge in [0.2, 0.25) is 0 Å². The zero-order valence-corrected chi connectivity index (χ0v) is 12.7. The van der Waals surface area contributed by atoms with E-state index in [9.17, 15) is 5.11 Å². The predicted octanol–water partition coefficient (Wildman–Crippen LogP) is 4.86. The molecule has 0 spiro atoms. The predicted molar refractivity (Wildman–Crippen MR) is 77.0 cm³/mol. The standard InChI is InChI=1S/C13H12BrClOS/c1-7-6-10(8(2)17-7)13(16)9-4-3-5-11(14)12(9)15/h3-6,13,16H,1-2H3. The van der Waals surface area contributed by atoms with Gasteiger partial charge in [0.1, 0.15) is 6.10 Å². The highest BCUT2D eigenvalue weighted by molar-refractivity contribution is 9.10. The first kappa shape index (κ1) is 13.1. The molecule has 1 N–H and O–H groups in total. The first-order valence-corrected chi connectivity index (χ1v) is 7.18. The maximum atomic E-state index is 10.4. The fraction of sp³-hybridized carbons (Fsp3) is 0.231. The molecule has 1 heterocycles. The van der Waals surface area contributed by atoms with Crippen LogP contribution in [0.15, 0.2) is 28.7 Å². The Labute approximate surface area is 118 Å². The molecule has 2 aromatic rings. The quantitative estimate of drug-likeness (QED) is 0.833. The average molecular weight is 332 g/mol. The van der Waals surface area contributed by atoms with Crippen molar-refractivity contribution in [3.63, 3.8) is 0 Å². The number of aryl methyl sites for hydroxylation is 2. The third-order valence-corrected chi connectivity index (χ3v) is 4.94. The Hall–Kier alpha value is -0.350. The highest BCUT2D eigenvalue weighted by atomic mass is 79.9. The molecule has 1 nitrogen and oxygen atoms in total. The van der Waals surface area contributed by atoms with Crippen LogP contribution in [0.1, 0.15) is 27.0 Å². The van der Waals surface area contributed by atoms with Crippen LogP contribution in [0.2, 0.25) is 5.02 Å². The van der Waals surface area contributed by atoms with Gasteiger partial charge >= 0.3 is 0 Å². The number of aliphatic hydroxyl groups excluding tert-OH is 1.